The second-order valence-electron chi connectivity index (χ2n) is 8.42. The van der Waals surface area contributed by atoms with Gasteiger partial charge in [0.25, 0.3) is 0 Å². The molecule has 0 amide bonds. The lowest BCUT2D eigenvalue weighted by molar-refractivity contribution is -0.0131. The van der Waals surface area contributed by atoms with Gasteiger partial charge >= 0.3 is 0 Å². The molecule has 0 saturated heterocycles. The molecule has 0 atom stereocenters. The lowest BCUT2D eigenvalue weighted by Crippen LogP contribution is -2.43. The summed E-state index contributed by atoms with van der Waals surface area (Å²) in [6.45, 7) is 0. The van der Waals surface area contributed by atoms with Gasteiger partial charge in [0.05, 0.1) is 0 Å². The van der Waals surface area contributed by atoms with Gasteiger partial charge in [-0.2, -0.15) is 0 Å². The van der Waals surface area contributed by atoms with E-state index in [4.69, 9.17) is 9.84 Å². The Kier molecular flexibility index (Phi) is 8.26. The molecule has 0 aromatic heterocycles. The molecule has 0 radical (unpaired) electrons. The molecule has 0 spiro atoms. The number of phenols is 1. The molecule has 28 heavy (non-hydrogen) atoms. The summed E-state index contributed by atoms with van der Waals surface area (Å²) in [6.07, 6.45) is 16.5. The highest BCUT2D eigenvalue weighted by atomic mass is 16.5. The van der Waals surface area contributed by atoms with Crippen molar-refractivity contribution < 1.29 is 9.84 Å². The van der Waals surface area contributed by atoms with Crippen LogP contribution in [0.25, 0.3) is 0 Å². The number of ether oxygens (including phenoxy) is 1. The Bertz CT molecular complexity index is 637. The maximum absolute atomic E-state index is 8.63. The fraction of sp³-hybridized carbons (Fsp3) is 0.538. The van der Waals surface area contributed by atoms with E-state index in [0.717, 1.165) is 11.7 Å². The first-order chi connectivity index (χ1) is 13.8. The van der Waals surface area contributed by atoms with Crippen LogP contribution in [0, 0.1) is 5.92 Å². The first-order valence-electron chi connectivity index (χ1n) is 11.3. The lowest BCUT2D eigenvalue weighted by Gasteiger charge is -2.41. The van der Waals surface area contributed by atoms with Crippen molar-refractivity contribution in [3.05, 3.63) is 60.7 Å². The van der Waals surface area contributed by atoms with Gasteiger partial charge in [-0.3, -0.25) is 0 Å². The molecule has 2 nitrogen and oxygen atoms in total. The van der Waals surface area contributed by atoms with Crippen molar-refractivity contribution in [3.63, 3.8) is 0 Å². The minimum Gasteiger partial charge on any atom is -0.508 e. The van der Waals surface area contributed by atoms with E-state index in [0.29, 0.717) is 5.75 Å². The van der Waals surface area contributed by atoms with E-state index in [1.807, 2.05) is 6.07 Å². The van der Waals surface area contributed by atoms with Crippen LogP contribution in [0.5, 0.6) is 11.5 Å². The highest BCUT2D eigenvalue weighted by Crippen LogP contribution is 2.43. The van der Waals surface area contributed by atoms with Gasteiger partial charge in [-0.15, -0.1) is 0 Å². The highest BCUT2D eigenvalue weighted by molar-refractivity contribution is 5.22. The summed E-state index contributed by atoms with van der Waals surface area (Å²) in [5, 5.41) is 8.63. The Morgan fingerprint density at radius 3 is 1.64 bits per heavy atom. The van der Waals surface area contributed by atoms with Crippen LogP contribution in [0.3, 0.4) is 0 Å². The standard InChI is InChI=1S/C20H30O.C6H6O/c1-2-7-13-18(12-6-1)20(16-10-3-4-11-17-20)21-19-14-8-5-9-15-19;7-6-4-2-1-3-5-6/h5,8-9,14-15,18H,1-4,6-7,10-13,16-17H2;1-5,7H. The molecular weight excluding hydrogens is 344 g/mol. The van der Waals surface area contributed by atoms with E-state index in [-0.39, 0.29) is 5.60 Å². The molecule has 0 aliphatic heterocycles. The van der Waals surface area contributed by atoms with Gasteiger partial charge in [-0.25, -0.2) is 0 Å². The van der Waals surface area contributed by atoms with Crippen LogP contribution >= 0.6 is 0 Å². The third-order valence-corrected chi connectivity index (χ3v) is 6.37. The number of benzene rings is 2. The molecular formula is C26H36O2. The normalized spacial score (nSPS) is 20.1. The minimum absolute atomic E-state index is 0.127. The highest BCUT2D eigenvalue weighted by Gasteiger charge is 2.40. The molecule has 2 fully saturated rings. The van der Waals surface area contributed by atoms with Gasteiger partial charge in [-0.05, 0) is 68.7 Å². The predicted octanol–water partition coefficient (Wildman–Crippen LogP) is 7.52. The van der Waals surface area contributed by atoms with Crippen molar-refractivity contribution >= 4 is 0 Å². The fourth-order valence-corrected chi connectivity index (χ4v) is 4.88. The number of para-hydroxylation sites is 2. The predicted molar refractivity (Wildman–Crippen MR) is 117 cm³/mol. The first kappa shape index (κ1) is 20.8. The zero-order chi connectivity index (χ0) is 19.5. The Labute approximate surface area is 170 Å². The molecule has 0 unspecified atom stereocenters. The maximum atomic E-state index is 8.63. The van der Waals surface area contributed by atoms with Crippen molar-refractivity contribution in [2.45, 2.75) is 82.7 Å². The molecule has 2 aromatic carbocycles. The van der Waals surface area contributed by atoms with Crippen LogP contribution in [0.2, 0.25) is 0 Å². The van der Waals surface area contributed by atoms with Crippen LogP contribution in [-0.2, 0) is 0 Å². The van der Waals surface area contributed by atoms with Crippen molar-refractivity contribution in [1.82, 2.24) is 0 Å². The molecule has 2 aliphatic rings. The largest absolute Gasteiger partial charge is 0.508 e. The van der Waals surface area contributed by atoms with E-state index in [1.54, 1.807) is 24.3 Å². The summed E-state index contributed by atoms with van der Waals surface area (Å²) in [6, 6.07) is 19.3. The third-order valence-electron chi connectivity index (χ3n) is 6.37. The van der Waals surface area contributed by atoms with Gasteiger partial charge in [-0.1, -0.05) is 74.9 Å². The summed E-state index contributed by atoms with van der Waals surface area (Å²) in [5.41, 5.74) is 0.127. The number of hydrogen-bond acceptors (Lipinski definition) is 2. The summed E-state index contributed by atoms with van der Waals surface area (Å²) >= 11 is 0. The van der Waals surface area contributed by atoms with Crippen molar-refractivity contribution in [2.24, 2.45) is 5.92 Å². The SMILES string of the molecule is Oc1ccccc1.c1ccc(OC2(C3CCCCCC3)CCCCCC2)cc1. The quantitative estimate of drug-likeness (QED) is 0.558. The van der Waals surface area contributed by atoms with Crippen molar-refractivity contribution in [3.8, 4) is 11.5 Å². The summed E-state index contributed by atoms with van der Waals surface area (Å²) < 4.78 is 6.72. The third kappa shape index (κ3) is 6.29. The van der Waals surface area contributed by atoms with Crippen molar-refractivity contribution in [1.29, 1.82) is 0 Å². The number of phenolic OH excluding ortho intramolecular Hbond substituents is 1. The second kappa shape index (κ2) is 11.1. The van der Waals surface area contributed by atoms with E-state index in [1.165, 1.54) is 77.0 Å². The van der Waals surface area contributed by atoms with Gasteiger partial charge in [0, 0.05) is 0 Å². The molecule has 2 aliphatic carbocycles. The topological polar surface area (TPSA) is 29.5 Å². The van der Waals surface area contributed by atoms with Gasteiger partial charge in [0.15, 0.2) is 0 Å². The number of aromatic hydroxyl groups is 1. The zero-order valence-electron chi connectivity index (χ0n) is 17.2. The Balaban J connectivity index is 0.000000271. The van der Waals surface area contributed by atoms with E-state index in [9.17, 15) is 0 Å². The molecule has 0 heterocycles. The van der Waals surface area contributed by atoms with E-state index >= 15 is 0 Å². The molecule has 4 rings (SSSR count). The summed E-state index contributed by atoms with van der Waals surface area (Å²) in [4.78, 5) is 0. The molecule has 2 aromatic rings. The zero-order valence-corrected chi connectivity index (χ0v) is 17.2. The Morgan fingerprint density at radius 1 is 0.643 bits per heavy atom. The van der Waals surface area contributed by atoms with Crippen LogP contribution in [0.1, 0.15) is 77.0 Å². The van der Waals surface area contributed by atoms with Crippen LogP contribution < -0.4 is 4.74 Å². The first-order valence-corrected chi connectivity index (χ1v) is 11.3. The summed E-state index contributed by atoms with van der Waals surface area (Å²) in [5.74, 6) is 2.18. The monoisotopic (exact) mass is 380 g/mol. The van der Waals surface area contributed by atoms with Gasteiger partial charge in [0.1, 0.15) is 17.1 Å². The van der Waals surface area contributed by atoms with E-state index < -0.39 is 0 Å². The van der Waals surface area contributed by atoms with Crippen LogP contribution in [0.4, 0.5) is 0 Å². The van der Waals surface area contributed by atoms with Gasteiger partial charge < -0.3 is 9.84 Å². The average molecular weight is 381 g/mol. The van der Waals surface area contributed by atoms with E-state index in [2.05, 4.69) is 30.3 Å². The summed E-state index contributed by atoms with van der Waals surface area (Å²) in [7, 11) is 0. The molecule has 152 valence electrons. The fourth-order valence-electron chi connectivity index (χ4n) is 4.88. The minimum atomic E-state index is 0.127. The van der Waals surface area contributed by atoms with Crippen molar-refractivity contribution in [2.75, 3.05) is 0 Å². The number of hydrogen-bond donors (Lipinski definition) is 1. The van der Waals surface area contributed by atoms with Crippen LogP contribution in [-0.4, -0.2) is 10.7 Å². The second-order valence-corrected chi connectivity index (χ2v) is 8.42. The lowest BCUT2D eigenvalue weighted by atomic mass is 9.76. The Morgan fingerprint density at radius 2 is 1.14 bits per heavy atom. The van der Waals surface area contributed by atoms with Crippen LogP contribution in [0.15, 0.2) is 60.7 Å². The Hall–Kier alpha value is -1.96. The molecule has 2 heteroatoms. The average Bonchev–Trinajstić information content (AvgIpc) is 3.14. The number of rotatable bonds is 3. The molecule has 1 N–H and O–H groups in total. The van der Waals surface area contributed by atoms with Gasteiger partial charge in [0.2, 0.25) is 0 Å². The molecule has 2 saturated carbocycles. The maximum Gasteiger partial charge on any atom is 0.120 e. The smallest absolute Gasteiger partial charge is 0.120 e. The molecule has 0 bridgehead atoms.